The van der Waals surface area contributed by atoms with Crippen LogP contribution >= 0.6 is 0 Å². The number of anilines is 1. The summed E-state index contributed by atoms with van der Waals surface area (Å²) in [6, 6.07) is 4.39. The molecule has 0 fully saturated rings. The van der Waals surface area contributed by atoms with E-state index in [-0.39, 0.29) is 4.90 Å². The maximum atomic E-state index is 11.5. The predicted molar refractivity (Wildman–Crippen MR) is 62.9 cm³/mol. The van der Waals surface area contributed by atoms with Gasteiger partial charge in [0.15, 0.2) is 0 Å². The molecule has 0 radical (unpaired) electrons. The molecule has 16 heavy (non-hydrogen) atoms. The summed E-state index contributed by atoms with van der Waals surface area (Å²) < 4.78 is 30.6. The Morgan fingerprint density at radius 2 is 2.12 bits per heavy atom. The van der Waals surface area contributed by atoms with Crippen LogP contribution in [0.5, 0.6) is 5.75 Å². The molecule has 0 aromatic heterocycles. The van der Waals surface area contributed by atoms with Gasteiger partial charge in [-0.25, -0.2) is 13.1 Å². The number of hydrogen-bond acceptors (Lipinski definition) is 4. The molecular weight excluding hydrogens is 228 g/mol. The third-order valence-corrected chi connectivity index (χ3v) is 3.44. The summed E-state index contributed by atoms with van der Waals surface area (Å²) in [5, 5.41) is 0. The topological polar surface area (TPSA) is 81.4 Å². The van der Waals surface area contributed by atoms with Crippen LogP contribution in [0.1, 0.15) is 13.3 Å². The van der Waals surface area contributed by atoms with E-state index < -0.39 is 10.0 Å². The lowest BCUT2D eigenvalue weighted by Gasteiger charge is -2.09. The van der Waals surface area contributed by atoms with Gasteiger partial charge in [0.1, 0.15) is 5.75 Å². The normalized spacial score (nSPS) is 11.4. The van der Waals surface area contributed by atoms with Crippen molar-refractivity contribution in [3.63, 3.8) is 0 Å². The summed E-state index contributed by atoms with van der Waals surface area (Å²) in [5.41, 5.74) is 6.11. The van der Waals surface area contributed by atoms with E-state index in [1.165, 1.54) is 25.2 Å². The molecule has 1 rings (SSSR count). The van der Waals surface area contributed by atoms with Gasteiger partial charge in [-0.1, -0.05) is 6.92 Å². The van der Waals surface area contributed by atoms with Crippen LogP contribution in [0.15, 0.2) is 23.1 Å². The van der Waals surface area contributed by atoms with E-state index in [9.17, 15) is 8.42 Å². The van der Waals surface area contributed by atoms with Gasteiger partial charge in [-0.05, 0) is 25.6 Å². The standard InChI is InChI=1S/C10H16N2O3S/c1-3-6-15-10-7-8(4-5-9(10)11)16(13,14)12-2/h4-5,7,12H,3,6,11H2,1-2H3. The van der Waals surface area contributed by atoms with Crippen LogP contribution in [0.3, 0.4) is 0 Å². The molecule has 0 unspecified atom stereocenters. The average Bonchev–Trinajstić information content (AvgIpc) is 2.27. The number of sulfonamides is 1. The molecule has 0 amide bonds. The second-order valence-electron chi connectivity index (χ2n) is 3.26. The van der Waals surface area contributed by atoms with E-state index >= 15 is 0 Å². The smallest absolute Gasteiger partial charge is 0.240 e. The zero-order valence-electron chi connectivity index (χ0n) is 9.36. The van der Waals surface area contributed by atoms with E-state index in [2.05, 4.69) is 4.72 Å². The van der Waals surface area contributed by atoms with E-state index in [0.717, 1.165) is 6.42 Å². The van der Waals surface area contributed by atoms with Crippen molar-refractivity contribution in [2.75, 3.05) is 19.4 Å². The second-order valence-corrected chi connectivity index (χ2v) is 5.14. The Balaban J connectivity index is 3.07. The first-order valence-corrected chi connectivity index (χ1v) is 6.45. The fraction of sp³-hybridized carbons (Fsp3) is 0.400. The van der Waals surface area contributed by atoms with Crippen LogP contribution in [0, 0.1) is 0 Å². The van der Waals surface area contributed by atoms with Crippen LogP contribution < -0.4 is 15.2 Å². The number of hydrogen-bond donors (Lipinski definition) is 2. The molecule has 3 N–H and O–H groups in total. The quantitative estimate of drug-likeness (QED) is 0.756. The highest BCUT2D eigenvalue weighted by Crippen LogP contribution is 2.25. The SMILES string of the molecule is CCCOc1cc(S(=O)(=O)NC)ccc1N. The third kappa shape index (κ3) is 2.86. The number of ether oxygens (including phenoxy) is 1. The van der Waals surface area contributed by atoms with E-state index in [1.807, 2.05) is 6.92 Å². The Hall–Kier alpha value is -1.27. The maximum Gasteiger partial charge on any atom is 0.240 e. The molecule has 1 aromatic carbocycles. The Labute approximate surface area is 95.7 Å². The molecular formula is C10H16N2O3S. The maximum absolute atomic E-state index is 11.5. The summed E-state index contributed by atoms with van der Waals surface area (Å²) in [6.07, 6.45) is 0.836. The molecule has 0 aliphatic heterocycles. The molecule has 0 aliphatic rings. The third-order valence-electron chi connectivity index (χ3n) is 2.03. The van der Waals surface area contributed by atoms with Crippen molar-refractivity contribution >= 4 is 15.7 Å². The van der Waals surface area contributed by atoms with Crippen molar-refractivity contribution in [3.05, 3.63) is 18.2 Å². The van der Waals surface area contributed by atoms with Crippen LogP contribution in [0.2, 0.25) is 0 Å². The lowest BCUT2D eigenvalue weighted by Crippen LogP contribution is -2.18. The highest BCUT2D eigenvalue weighted by molar-refractivity contribution is 7.89. The van der Waals surface area contributed by atoms with Crippen LogP contribution in [-0.2, 0) is 10.0 Å². The van der Waals surface area contributed by atoms with Crippen molar-refractivity contribution in [1.29, 1.82) is 0 Å². The van der Waals surface area contributed by atoms with Crippen molar-refractivity contribution in [2.24, 2.45) is 0 Å². The van der Waals surface area contributed by atoms with Crippen molar-refractivity contribution in [2.45, 2.75) is 18.2 Å². The summed E-state index contributed by atoms with van der Waals surface area (Å²) in [6.45, 7) is 2.47. The van der Waals surface area contributed by atoms with Gasteiger partial charge in [0.05, 0.1) is 17.2 Å². The first kappa shape index (κ1) is 12.8. The van der Waals surface area contributed by atoms with Gasteiger partial charge in [-0.3, -0.25) is 0 Å². The molecule has 0 aliphatic carbocycles. The van der Waals surface area contributed by atoms with Crippen molar-refractivity contribution in [1.82, 2.24) is 4.72 Å². The summed E-state index contributed by atoms with van der Waals surface area (Å²) in [5.74, 6) is 0.401. The molecule has 0 spiro atoms. The van der Waals surface area contributed by atoms with Gasteiger partial charge in [-0.15, -0.1) is 0 Å². The Morgan fingerprint density at radius 3 is 2.69 bits per heavy atom. The van der Waals surface area contributed by atoms with E-state index in [4.69, 9.17) is 10.5 Å². The van der Waals surface area contributed by atoms with Crippen LogP contribution in [0.25, 0.3) is 0 Å². The molecule has 0 saturated heterocycles. The van der Waals surface area contributed by atoms with Gasteiger partial charge in [0.25, 0.3) is 0 Å². The molecule has 90 valence electrons. The summed E-state index contributed by atoms with van der Waals surface area (Å²) in [7, 11) is -2.09. The van der Waals surface area contributed by atoms with Crippen LogP contribution in [-0.4, -0.2) is 22.1 Å². The summed E-state index contributed by atoms with van der Waals surface area (Å²) in [4.78, 5) is 0.148. The van der Waals surface area contributed by atoms with Gasteiger partial charge in [0.2, 0.25) is 10.0 Å². The Kier molecular flexibility index (Phi) is 4.14. The molecule has 0 atom stereocenters. The number of benzene rings is 1. The minimum atomic E-state index is -3.45. The molecule has 0 heterocycles. The fourth-order valence-corrected chi connectivity index (χ4v) is 1.88. The second kappa shape index (κ2) is 5.18. The summed E-state index contributed by atoms with van der Waals surface area (Å²) >= 11 is 0. The fourth-order valence-electron chi connectivity index (χ4n) is 1.14. The largest absolute Gasteiger partial charge is 0.491 e. The highest BCUT2D eigenvalue weighted by atomic mass is 32.2. The van der Waals surface area contributed by atoms with Crippen molar-refractivity contribution < 1.29 is 13.2 Å². The first-order valence-electron chi connectivity index (χ1n) is 4.97. The van der Waals surface area contributed by atoms with Crippen LogP contribution in [0.4, 0.5) is 5.69 Å². The number of nitrogens with one attached hydrogen (secondary N) is 1. The van der Waals surface area contributed by atoms with E-state index in [1.54, 1.807) is 0 Å². The number of nitrogen functional groups attached to an aromatic ring is 1. The lowest BCUT2D eigenvalue weighted by molar-refractivity contribution is 0.318. The van der Waals surface area contributed by atoms with E-state index in [0.29, 0.717) is 18.0 Å². The van der Waals surface area contributed by atoms with Gasteiger partial charge in [0, 0.05) is 6.07 Å². The molecule has 0 saturated carbocycles. The van der Waals surface area contributed by atoms with Gasteiger partial charge >= 0.3 is 0 Å². The molecule has 1 aromatic rings. The number of nitrogens with two attached hydrogens (primary N) is 1. The Bertz CT molecular complexity index is 457. The minimum Gasteiger partial charge on any atom is -0.491 e. The average molecular weight is 244 g/mol. The monoisotopic (exact) mass is 244 g/mol. The molecule has 6 heteroatoms. The van der Waals surface area contributed by atoms with Gasteiger partial charge < -0.3 is 10.5 Å². The number of rotatable bonds is 5. The Morgan fingerprint density at radius 1 is 1.44 bits per heavy atom. The van der Waals surface area contributed by atoms with Gasteiger partial charge in [-0.2, -0.15) is 0 Å². The van der Waals surface area contributed by atoms with Crippen molar-refractivity contribution in [3.8, 4) is 5.75 Å². The molecule has 5 nitrogen and oxygen atoms in total. The lowest BCUT2D eigenvalue weighted by atomic mass is 10.3. The molecule has 0 bridgehead atoms. The predicted octanol–water partition coefficient (Wildman–Crippen LogP) is 0.966. The first-order chi connectivity index (χ1) is 7.51. The minimum absolute atomic E-state index is 0.148. The zero-order chi connectivity index (χ0) is 12.2. The zero-order valence-corrected chi connectivity index (χ0v) is 10.2. The highest BCUT2D eigenvalue weighted by Gasteiger charge is 2.13.